The molecule has 0 saturated heterocycles. The molecule has 1 rings (SSSR count). The first-order chi connectivity index (χ1) is 5.38. The third-order valence-electron chi connectivity index (χ3n) is 1.37. The Morgan fingerprint density at radius 1 is 1.27 bits per heavy atom. The third kappa shape index (κ3) is 1.95. The Morgan fingerprint density at radius 2 is 1.91 bits per heavy atom. The van der Waals surface area contributed by atoms with Crippen LogP contribution in [0.3, 0.4) is 0 Å². The van der Waals surface area contributed by atoms with E-state index in [4.69, 9.17) is 0 Å². The summed E-state index contributed by atoms with van der Waals surface area (Å²) in [7, 11) is 0. The minimum Gasteiger partial charge on any atom is -0.298 e. The minimum absolute atomic E-state index is 0.605. The van der Waals surface area contributed by atoms with E-state index in [-0.39, 0.29) is 0 Å². The SMILES string of the molecule is O=C/C(=C\S)c1ccccc1. The van der Waals surface area contributed by atoms with E-state index in [1.54, 1.807) is 0 Å². The molecular formula is C9H8OS. The van der Waals surface area contributed by atoms with Gasteiger partial charge < -0.3 is 0 Å². The van der Waals surface area contributed by atoms with Gasteiger partial charge in [-0.3, -0.25) is 4.79 Å². The lowest BCUT2D eigenvalue weighted by Crippen LogP contribution is -1.82. The van der Waals surface area contributed by atoms with Gasteiger partial charge >= 0.3 is 0 Å². The molecule has 11 heavy (non-hydrogen) atoms. The predicted molar refractivity (Wildman–Crippen MR) is 49.5 cm³/mol. The van der Waals surface area contributed by atoms with Crippen LogP contribution in [0.25, 0.3) is 5.57 Å². The molecule has 0 fully saturated rings. The average Bonchev–Trinajstić information content (AvgIpc) is 2.09. The van der Waals surface area contributed by atoms with Crippen LogP contribution < -0.4 is 0 Å². The van der Waals surface area contributed by atoms with E-state index in [0.29, 0.717) is 5.57 Å². The van der Waals surface area contributed by atoms with Crippen molar-refractivity contribution in [3.8, 4) is 0 Å². The van der Waals surface area contributed by atoms with Crippen LogP contribution in [0.4, 0.5) is 0 Å². The molecule has 1 aromatic rings. The van der Waals surface area contributed by atoms with Crippen molar-refractivity contribution in [2.24, 2.45) is 0 Å². The number of hydrogen-bond acceptors (Lipinski definition) is 2. The van der Waals surface area contributed by atoms with Gasteiger partial charge in [0, 0.05) is 5.57 Å². The van der Waals surface area contributed by atoms with Crippen LogP contribution in [0.15, 0.2) is 35.7 Å². The third-order valence-corrected chi connectivity index (χ3v) is 1.65. The highest BCUT2D eigenvalue weighted by Gasteiger charge is 1.95. The summed E-state index contributed by atoms with van der Waals surface area (Å²) in [5, 5.41) is 1.50. The molecule has 0 heterocycles. The van der Waals surface area contributed by atoms with Crippen molar-refractivity contribution in [2.45, 2.75) is 0 Å². The molecule has 0 amide bonds. The molecule has 1 aromatic carbocycles. The second-order valence-corrected chi connectivity index (χ2v) is 2.33. The van der Waals surface area contributed by atoms with E-state index in [9.17, 15) is 4.79 Å². The van der Waals surface area contributed by atoms with E-state index in [0.717, 1.165) is 11.8 Å². The van der Waals surface area contributed by atoms with Crippen molar-refractivity contribution in [3.63, 3.8) is 0 Å². The lowest BCUT2D eigenvalue weighted by molar-refractivity contribution is -0.103. The smallest absolute Gasteiger partial charge is 0.151 e. The van der Waals surface area contributed by atoms with Gasteiger partial charge in [0.15, 0.2) is 6.29 Å². The minimum atomic E-state index is 0.605. The van der Waals surface area contributed by atoms with E-state index in [1.807, 2.05) is 30.3 Å². The number of rotatable bonds is 2. The lowest BCUT2D eigenvalue weighted by Gasteiger charge is -1.95. The Bertz CT molecular complexity index is 264. The Hall–Kier alpha value is -1.02. The predicted octanol–water partition coefficient (Wildman–Crippen LogP) is 2.16. The Balaban J connectivity index is 3.01. The molecule has 56 valence electrons. The first-order valence-corrected chi connectivity index (χ1v) is 3.75. The second kappa shape index (κ2) is 3.98. The number of thiol groups is 1. The molecule has 0 unspecified atom stereocenters. The van der Waals surface area contributed by atoms with Gasteiger partial charge in [0.2, 0.25) is 0 Å². The molecular weight excluding hydrogens is 156 g/mol. The van der Waals surface area contributed by atoms with Crippen LogP contribution >= 0.6 is 12.6 Å². The normalized spacial score (nSPS) is 11.2. The molecule has 0 N–H and O–H groups in total. The first kappa shape index (κ1) is 8.08. The monoisotopic (exact) mass is 164 g/mol. The van der Waals surface area contributed by atoms with Gasteiger partial charge in [0.05, 0.1) is 0 Å². The van der Waals surface area contributed by atoms with Gasteiger partial charge in [-0.15, -0.1) is 0 Å². The molecule has 0 spiro atoms. The van der Waals surface area contributed by atoms with E-state index < -0.39 is 0 Å². The second-order valence-electron chi connectivity index (χ2n) is 2.07. The zero-order chi connectivity index (χ0) is 8.10. The van der Waals surface area contributed by atoms with Crippen LogP contribution in [0.5, 0.6) is 0 Å². The van der Waals surface area contributed by atoms with Gasteiger partial charge in [-0.2, -0.15) is 12.6 Å². The Kier molecular flexibility index (Phi) is 2.93. The maximum absolute atomic E-state index is 10.4. The number of benzene rings is 1. The molecule has 0 aromatic heterocycles. The van der Waals surface area contributed by atoms with Crippen molar-refractivity contribution >= 4 is 24.5 Å². The fourth-order valence-corrected chi connectivity index (χ4v) is 1.01. The van der Waals surface area contributed by atoms with E-state index >= 15 is 0 Å². The van der Waals surface area contributed by atoms with Crippen molar-refractivity contribution in [1.29, 1.82) is 0 Å². The number of hydrogen-bond donors (Lipinski definition) is 1. The summed E-state index contributed by atoms with van der Waals surface area (Å²) in [6, 6.07) is 9.42. The average molecular weight is 164 g/mol. The lowest BCUT2D eigenvalue weighted by atomic mass is 10.1. The molecule has 0 bridgehead atoms. The van der Waals surface area contributed by atoms with Gasteiger partial charge in [0.1, 0.15) is 0 Å². The summed E-state index contributed by atoms with van der Waals surface area (Å²) in [5.74, 6) is 0. The van der Waals surface area contributed by atoms with Gasteiger partial charge in [-0.05, 0) is 11.0 Å². The summed E-state index contributed by atoms with van der Waals surface area (Å²) in [6.07, 6.45) is 0.794. The highest BCUT2D eigenvalue weighted by molar-refractivity contribution is 7.83. The Labute approximate surface area is 71.2 Å². The zero-order valence-electron chi connectivity index (χ0n) is 5.90. The number of allylic oxidation sites excluding steroid dienone is 1. The van der Waals surface area contributed by atoms with E-state index in [2.05, 4.69) is 12.6 Å². The largest absolute Gasteiger partial charge is 0.298 e. The summed E-state index contributed by atoms with van der Waals surface area (Å²) in [6.45, 7) is 0. The van der Waals surface area contributed by atoms with Crippen molar-refractivity contribution in [2.75, 3.05) is 0 Å². The van der Waals surface area contributed by atoms with Crippen molar-refractivity contribution in [1.82, 2.24) is 0 Å². The van der Waals surface area contributed by atoms with Crippen molar-refractivity contribution in [3.05, 3.63) is 41.3 Å². The topological polar surface area (TPSA) is 17.1 Å². The number of carbonyl (C=O) groups is 1. The van der Waals surface area contributed by atoms with Gasteiger partial charge in [-0.25, -0.2) is 0 Å². The standard InChI is InChI=1S/C9H8OS/c10-6-9(7-11)8-4-2-1-3-5-8/h1-7,11H/b9-7+. The number of aldehydes is 1. The van der Waals surface area contributed by atoms with Crippen LogP contribution in [0.2, 0.25) is 0 Å². The summed E-state index contributed by atoms with van der Waals surface area (Å²) >= 11 is 3.91. The molecule has 0 saturated carbocycles. The summed E-state index contributed by atoms with van der Waals surface area (Å²) < 4.78 is 0. The number of carbonyl (C=O) groups excluding carboxylic acids is 1. The van der Waals surface area contributed by atoms with Gasteiger partial charge in [-0.1, -0.05) is 30.3 Å². The molecule has 0 aliphatic rings. The summed E-state index contributed by atoms with van der Waals surface area (Å²) in [4.78, 5) is 10.4. The molecule has 0 aliphatic carbocycles. The molecule has 0 radical (unpaired) electrons. The van der Waals surface area contributed by atoms with Crippen molar-refractivity contribution < 1.29 is 4.79 Å². The zero-order valence-corrected chi connectivity index (χ0v) is 6.79. The highest BCUT2D eigenvalue weighted by atomic mass is 32.1. The maximum atomic E-state index is 10.4. The summed E-state index contributed by atoms with van der Waals surface area (Å²) in [5.41, 5.74) is 1.51. The Morgan fingerprint density at radius 3 is 2.36 bits per heavy atom. The van der Waals surface area contributed by atoms with E-state index in [1.165, 1.54) is 5.41 Å². The molecule has 0 aliphatic heterocycles. The quantitative estimate of drug-likeness (QED) is 0.402. The molecule has 1 nitrogen and oxygen atoms in total. The van der Waals surface area contributed by atoms with Gasteiger partial charge in [0.25, 0.3) is 0 Å². The van der Waals surface area contributed by atoms with Crippen LogP contribution in [0, 0.1) is 0 Å². The van der Waals surface area contributed by atoms with Crippen LogP contribution in [-0.4, -0.2) is 6.29 Å². The molecule has 0 atom stereocenters. The van der Waals surface area contributed by atoms with Crippen LogP contribution in [-0.2, 0) is 4.79 Å². The fraction of sp³-hybridized carbons (Fsp3) is 0. The maximum Gasteiger partial charge on any atom is 0.151 e. The highest BCUT2D eigenvalue weighted by Crippen LogP contribution is 2.11. The molecule has 2 heteroatoms. The van der Waals surface area contributed by atoms with Crippen LogP contribution in [0.1, 0.15) is 5.56 Å². The fourth-order valence-electron chi connectivity index (χ4n) is 0.804. The first-order valence-electron chi connectivity index (χ1n) is 3.23.